The Hall–Kier alpha value is -2.80. The van der Waals surface area contributed by atoms with E-state index in [4.69, 9.17) is 0 Å². The predicted molar refractivity (Wildman–Crippen MR) is 114 cm³/mol. The summed E-state index contributed by atoms with van der Waals surface area (Å²) in [6.07, 6.45) is 3.18. The van der Waals surface area contributed by atoms with Crippen molar-refractivity contribution in [3.8, 4) is 0 Å². The summed E-state index contributed by atoms with van der Waals surface area (Å²) < 4.78 is 26.3. The lowest BCUT2D eigenvalue weighted by Crippen LogP contribution is -2.44. The van der Waals surface area contributed by atoms with Gasteiger partial charge in [0.2, 0.25) is 5.91 Å². The number of benzene rings is 2. The average Bonchev–Trinajstić information content (AvgIpc) is 3.30. The normalized spacial score (nSPS) is 20.1. The fraction of sp³-hybridized carbons (Fsp3) is 0.417. The first-order chi connectivity index (χ1) is 15.0. The van der Waals surface area contributed by atoms with Gasteiger partial charge in [0.05, 0.1) is 6.54 Å². The molecule has 31 heavy (non-hydrogen) atoms. The van der Waals surface area contributed by atoms with Crippen molar-refractivity contribution >= 4 is 11.8 Å². The molecule has 0 radical (unpaired) electrons. The summed E-state index contributed by atoms with van der Waals surface area (Å²) in [4.78, 5) is 28.9. The van der Waals surface area contributed by atoms with Gasteiger partial charge in [0.1, 0.15) is 0 Å². The number of likely N-dealkylation sites (tertiary alicyclic amines) is 2. The third-order valence-corrected chi connectivity index (χ3v) is 6.41. The maximum absolute atomic E-state index is 13.3. The van der Waals surface area contributed by atoms with E-state index in [1.54, 1.807) is 4.90 Å². The first-order valence-electron chi connectivity index (χ1n) is 10.8. The second-order valence-corrected chi connectivity index (χ2v) is 8.31. The number of hydrogen-bond acceptors (Lipinski definition) is 3. The van der Waals surface area contributed by atoms with Crippen LogP contribution in [-0.2, 0) is 4.79 Å². The minimum atomic E-state index is -1.09. The quantitative estimate of drug-likeness (QED) is 0.798. The van der Waals surface area contributed by atoms with E-state index >= 15 is 0 Å². The van der Waals surface area contributed by atoms with E-state index in [0.717, 1.165) is 44.5 Å². The summed E-state index contributed by atoms with van der Waals surface area (Å²) >= 11 is 0. The molecule has 0 aromatic heterocycles. The first kappa shape index (κ1) is 21.4. The van der Waals surface area contributed by atoms with Crippen molar-refractivity contribution in [3.63, 3.8) is 0 Å². The van der Waals surface area contributed by atoms with E-state index in [2.05, 4.69) is 34.5 Å². The van der Waals surface area contributed by atoms with E-state index in [1.165, 1.54) is 11.6 Å². The van der Waals surface area contributed by atoms with Crippen LogP contribution >= 0.6 is 0 Å². The third-order valence-electron chi connectivity index (χ3n) is 6.41. The van der Waals surface area contributed by atoms with E-state index in [9.17, 15) is 18.4 Å². The Labute approximate surface area is 181 Å². The Morgan fingerprint density at radius 2 is 1.68 bits per heavy atom. The molecule has 5 nitrogen and oxygen atoms in total. The molecule has 0 saturated carbocycles. The van der Waals surface area contributed by atoms with Gasteiger partial charge < -0.3 is 10.2 Å². The van der Waals surface area contributed by atoms with Crippen LogP contribution in [-0.4, -0.2) is 60.4 Å². The molecule has 2 saturated heterocycles. The number of halogens is 2. The lowest BCUT2D eigenvalue weighted by Gasteiger charge is -2.36. The first-order valence-corrected chi connectivity index (χ1v) is 10.8. The summed E-state index contributed by atoms with van der Waals surface area (Å²) in [7, 11) is 0. The van der Waals surface area contributed by atoms with Crippen LogP contribution in [0.1, 0.15) is 41.1 Å². The molecular weight excluding hydrogens is 400 g/mol. The predicted octanol–water partition coefficient (Wildman–Crippen LogP) is 3.18. The van der Waals surface area contributed by atoms with Gasteiger partial charge in [-0.05, 0) is 62.0 Å². The van der Waals surface area contributed by atoms with Crippen LogP contribution in [0, 0.1) is 11.6 Å². The van der Waals surface area contributed by atoms with Gasteiger partial charge in [-0.15, -0.1) is 0 Å². The molecule has 7 heteroatoms. The van der Waals surface area contributed by atoms with Crippen LogP contribution in [0.15, 0.2) is 48.5 Å². The standard InChI is InChI=1S/C24H27F2N3O2/c25-21-7-6-19(14-22(21)26)24(31)27-15-23(30)29-13-10-20(16-29)28-11-8-18(9-12-28)17-4-2-1-3-5-17/h1-7,14,18,20H,8-13,15-16H2,(H,27,31). The zero-order chi connectivity index (χ0) is 21.8. The molecular formula is C24H27F2N3O2. The molecule has 1 atom stereocenters. The van der Waals surface area contributed by atoms with Crippen LogP contribution in [0.3, 0.4) is 0 Å². The second kappa shape index (κ2) is 9.56. The van der Waals surface area contributed by atoms with Crippen LogP contribution in [0.4, 0.5) is 8.78 Å². The molecule has 2 heterocycles. The van der Waals surface area contributed by atoms with E-state index in [0.29, 0.717) is 25.0 Å². The minimum Gasteiger partial charge on any atom is -0.343 e. The smallest absolute Gasteiger partial charge is 0.251 e. The molecule has 0 aliphatic carbocycles. The number of rotatable bonds is 5. The SMILES string of the molecule is O=C(NCC(=O)N1CCC(N2CCC(c3ccccc3)CC2)C1)c1ccc(F)c(F)c1. The fourth-order valence-electron chi connectivity index (χ4n) is 4.60. The molecule has 164 valence electrons. The number of amides is 2. The number of nitrogens with one attached hydrogen (secondary N) is 1. The number of carbonyl (C=O) groups excluding carboxylic acids is 2. The lowest BCUT2D eigenvalue weighted by atomic mass is 9.89. The number of carbonyl (C=O) groups is 2. The van der Waals surface area contributed by atoms with Gasteiger partial charge in [-0.3, -0.25) is 14.5 Å². The van der Waals surface area contributed by atoms with Gasteiger partial charge in [0.15, 0.2) is 11.6 Å². The lowest BCUT2D eigenvalue weighted by molar-refractivity contribution is -0.129. The molecule has 0 bridgehead atoms. The maximum atomic E-state index is 13.3. The summed E-state index contributed by atoms with van der Waals surface area (Å²) in [6, 6.07) is 13.9. The van der Waals surface area contributed by atoms with Crippen molar-refractivity contribution in [2.75, 3.05) is 32.7 Å². The van der Waals surface area contributed by atoms with Crippen molar-refractivity contribution in [1.82, 2.24) is 15.1 Å². The summed E-state index contributed by atoms with van der Waals surface area (Å²) in [5, 5.41) is 2.51. The van der Waals surface area contributed by atoms with Crippen molar-refractivity contribution in [2.24, 2.45) is 0 Å². The Morgan fingerprint density at radius 3 is 2.39 bits per heavy atom. The van der Waals surface area contributed by atoms with Crippen LogP contribution in [0.2, 0.25) is 0 Å². The molecule has 2 aromatic rings. The van der Waals surface area contributed by atoms with Crippen molar-refractivity contribution < 1.29 is 18.4 Å². The van der Waals surface area contributed by atoms with Crippen molar-refractivity contribution in [1.29, 1.82) is 0 Å². The molecule has 1 N–H and O–H groups in total. The van der Waals surface area contributed by atoms with Gasteiger partial charge in [0, 0.05) is 24.7 Å². The zero-order valence-corrected chi connectivity index (χ0v) is 17.4. The Bertz CT molecular complexity index is 930. The molecule has 2 amide bonds. The maximum Gasteiger partial charge on any atom is 0.251 e. The van der Waals surface area contributed by atoms with Gasteiger partial charge in [0.25, 0.3) is 5.91 Å². The Balaban J connectivity index is 1.23. The highest BCUT2D eigenvalue weighted by Gasteiger charge is 2.32. The summed E-state index contributed by atoms with van der Waals surface area (Å²) in [5.41, 5.74) is 1.40. The van der Waals surface area contributed by atoms with Gasteiger partial charge >= 0.3 is 0 Å². The Kier molecular flexibility index (Phi) is 6.61. The molecule has 2 aromatic carbocycles. The number of nitrogens with zero attached hydrogens (tertiary/aromatic N) is 2. The van der Waals surface area contributed by atoms with E-state index in [1.807, 2.05) is 6.07 Å². The molecule has 2 aliphatic rings. The molecule has 1 unspecified atom stereocenters. The largest absolute Gasteiger partial charge is 0.343 e. The highest BCUT2D eigenvalue weighted by Crippen LogP contribution is 2.30. The van der Waals surface area contributed by atoms with Crippen LogP contribution < -0.4 is 5.32 Å². The molecule has 4 rings (SSSR count). The number of piperidine rings is 1. The fourth-order valence-corrected chi connectivity index (χ4v) is 4.60. The Morgan fingerprint density at radius 1 is 0.935 bits per heavy atom. The minimum absolute atomic E-state index is 0.00714. The van der Waals surface area contributed by atoms with E-state index < -0.39 is 17.5 Å². The third kappa shape index (κ3) is 5.10. The summed E-state index contributed by atoms with van der Waals surface area (Å²) in [5.74, 6) is -2.24. The van der Waals surface area contributed by atoms with Crippen LogP contribution in [0.25, 0.3) is 0 Å². The highest BCUT2D eigenvalue weighted by atomic mass is 19.2. The van der Waals surface area contributed by atoms with Gasteiger partial charge in [-0.2, -0.15) is 0 Å². The molecule has 0 spiro atoms. The topological polar surface area (TPSA) is 52.7 Å². The molecule has 2 aliphatic heterocycles. The average molecular weight is 427 g/mol. The second-order valence-electron chi connectivity index (χ2n) is 8.31. The van der Waals surface area contributed by atoms with Crippen LogP contribution in [0.5, 0.6) is 0 Å². The number of hydrogen-bond donors (Lipinski definition) is 1. The van der Waals surface area contributed by atoms with Crippen molar-refractivity contribution in [2.45, 2.75) is 31.2 Å². The van der Waals surface area contributed by atoms with E-state index in [-0.39, 0.29) is 18.0 Å². The molecule has 2 fully saturated rings. The highest BCUT2D eigenvalue weighted by molar-refractivity contribution is 5.96. The van der Waals surface area contributed by atoms with Gasteiger partial charge in [-0.25, -0.2) is 8.78 Å². The summed E-state index contributed by atoms with van der Waals surface area (Å²) in [6.45, 7) is 3.23. The van der Waals surface area contributed by atoms with Crippen molar-refractivity contribution in [3.05, 3.63) is 71.3 Å². The van der Waals surface area contributed by atoms with Gasteiger partial charge in [-0.1, -0.05) is 30.3 Å². The monoisotopic (exact) mass is 427 g/mol. The zero-order valence-electron chi connectivity index (χ0n) is 17.4.